The van der Waals surface area contributed by atoms with Crippen molar-refractivity contribution in [3.63, 3.8) is 0 Å². The van der Waals surface area contributed by atoms with Gasteiger partial charge in [-0.1, -0.05) is 6.92 Å². The maximum atomic E-state index is 8.40. The van der Waals surface area contributed by atoms with Crippen LogP contribution in [0.15, 0.2) is 0 Å². The van der Waals surface area contributed by atoms with Gasteiger partial charge in [0.1, 0.15) is 6.23 Å². The highest BCUT2D eigenvalue weighted by Gasteiger charge is 2.07. The molecule has 0 aliphatic carbocycles. The van der Waals surface area contributed by atoms with Gasteiger partial charge in [0.15, 0.2) is 0 Å². The van der Waals surface area contributed by atoms with Crippen molar-refractivity contribution in [2.75, 3.05) is 14.1 Å². The molecule has 0 spiro atoms. The van der Waals surface area contributed by atoms with Gasteiger partial charge in [0, 0.05) is 0 Å². The lowest BCUT2D eigenvalue weighted by Gasteiger charge is -2.21. The van der Waals surface area contributed by atoms with Gasteiger partial charge in [-0.25, -0.2) is 0 Å². The molecule has 0 aromatic heterocycles. The van der Waals surface area contributed by atoms with E-state index < -0.39 is 10.0 Å². The molecule has 0 amide bonds. The van der Waals surface area contributed by atoms with E-state index in [1.165, 1.54) is 0 Å². The first kappa shape index (κ1) is 9.10. The third kappa shape index (κ3) is 3.64. The average Bonchev–Trinajstić information content (AvgIpc) is 1.82. The minimum Gasteiger partial charge on any atom is -0.409 e. The lowest BCUT2D eigenvalue weighted by Crippen LogP contribution is -2.31. The fraction of sp³-hybridized carbons (Fsp3) is 1.00. The molecule has 0 aliphatic rings. The highest BCUT2D eigenvalue weighted by atomic mass is 28.2. The first-order valence-corrected chi connectivity index (χ1v) is 3.79. The van der Waals surface area contributed by atoms with Crippen LogP contribution in [-0.2, 0) is 4.43 Å². The summed E-state index contributed by atoms with van der Waals surface area (Å²) in [5.41, 5.74) is 0. The smallest absolute Gasteiger partial charge is 0.409 e. The average molecular weight is 147 g/mol. The van der Waals surface area contributed by atoms with Crippen molar-refractivity contribution in [2.45, 2.75) is 19.6 Å². The molecule has 0 saturated heterocycles. The van der Waals surface area contributed by atoms with E-state index in [9.17, 15) is 0 Å². The zero-order chi connectivity index (χ0) is 7.28. The lowest BCUT2D eigenvalue weighted by atomic mass is 10.4. The standard InChI is InChI=1S/C5H13NO2Si/c1-4-5(6(2)3)8-9-7/h5,7H,4H2,1-3H3. The SMILES string of the molecule is CCC(O[Si]O)N(C)C. The van der Waals surface area contributed by atoms with Crippen molar-refractivity contribution in [1.29, 1.82) is 0 Å². The Bertz CT molecular complexity index is 70.0. The Balaban J connectivity index is 3.41. The summed E-state index contributed by atoms with van der Waals surface area (Å²) in [5, 5.41) is 0. The Hall–Kier alpha value is 0.0969. The molecule has 0 fully saturated rings. The van der Waals surface area contributed by atoms with Crippen molar-refractivity contribution in [2.24, 2.45) is 0 Å². The minimum absolute atomic E-state index is 0.0633. The lowest BCUT2D eigenvalue weighted by molar-refractivity contribution is 0.0515. The van der Waals surface area contributed by atoms with Gasteiger partial charge in [0.05, 0.1) is 0 Å². The summed E-state index contributed by atoms with van der Waals surface area (Å²) >= 11 is 0. The first-order chi connectivity index (χ1) is 4.22. The van der Waals surface area contributed by atoms with E-state index >= 15 is 0 Å². The molecule has 0 saturated carbocycles. The van der Waals surface area contributed by atoms with Crippen molar-refractivity contribution < 1.29 is 9.22 Å². The van der Waals surface area contributed by atoms with Crippen LogP contribution in [0.2, 0.25) is 0 Å². The minimum atomic E-state index is -0.404. The van der Waals surface area contributed by atoms with Crippen LogP contribution in [0.25, 0.3) is 0 Å². The van der Waals surface area contributed by atoms with Gasteiger partial charge in [-0.15, -0.1) is 0 Å². The normalized spacial score (nSPS) is 14.3. The highest BCUT2D eigenvalue weighted by Crippen LogP contribution is 1.97. The van der Waals surface area contributed by atoms with Crippen LogP contribution < -0.4 is 0 Å². The van der Waals surface area contributed by atoms with E-state index in [1.807, 2.05) is 25.9 Å². The van der Waals surface area contributed by atoms with Crippen molar-refractivity contribution >= 4 is 10.0 Å². The van der Waals surface area contributed by atoms with Gasteiger partial charge in [-0.2, -0.15) is 0 Å². The Morgan fingerprint density at radius 3 is 2.33 bits per heavy atom. The van der Waals surface area contributed by atoms with Crippen LogP contribution in [0.1, 0.15) is 13.3 Å². The van der Waals surface area contributed by atoms with E-state index in [-0.39, 0.29) is 6.23 Å². The van der Waals surface area contributed by atoms with Crippen LogP contribution in [0.5, 0.6) is 0 Å². The first-order valence-electron chi connectivity index (χ1n) is 2.93. The van der Waals surface area contributed by atoms with Crippen LogP contribution in [-0.4, -0.2) is 40.0 Å². The van der Waals surface area contributed by atoms with Crippen LogP contribution in [0.3, 0.4) is 0 Å². The molecule has 0 rings (SSSR count). The molecular formula is C5H13NO2Si. The Morgan fingerprint density at radius 1 is 1.67 bits per heavy atom. The Morgan fingerprint density at radius 2 is 2.22 bits per heavy atom. The van der Waals surface area contributed by atoms with E-state index in [2.05, 4.69) is 0 Å². The predicted molar refractivity (Wildman–Crippen MR) is 36.8 cm³/mol. The summed E-state index contributed by atoms with van der Waals surface area (Å²) in [7, 11) is 3.45. The molecule has 1 N–H and O–H groups in total. The number of rotatable bonds is 4. The second-order valence-electron chi connectivity index (χ2n) is 2.04. The summed E-state index contributed by atoms with van der Waals surface area (Å²) in [6.45, 7) is 2.02. The summed E-state index contributed by atoms with van der Waals surface area (Å²) in [4.78, 5) is 10.3. The molecule has 0 heterocycles. The van der Waals surface area contributed by atoms with Gasteiger partial charge < -0.3 is 9.22 Å². The Labute approximate surface area is 58.7 Å². The second kappa shape index (κ2) is 4.93. The molecule has 54 valence electrons. The summed E-state index contributed by atoms with van der Waals surface area (Å²) in [6, 6.07) is 0. The topological polar surface area (TPSA) is 32.7 Å². The molecule has 0 aliphatic heterocycles. The highest BCUT2D eigenvalue weighted by molar-refractivity contribution is 6.15. The second-order valence-corrected chi connectivity index (χ2v) is 2.45. The molecule has 0 aromatic carbocycles. The van der Waals surface area contributed by atoms with Gasteiger partial charge >= 0.3 is 10.0 Å². The molecule has 0 bridgehead atoms. The third-order valence-electron chi connectivity index (χ3n) is 1.11. The Kier molecular flexibility index (Phi) is 4.98. The fourth-order valence-corrected chi connectivity index (χ4v) is 1.11. The van der Waals surface area contributed by atoms with Crippen molar-refractivity contribution in [1.82, 2.24) is 4.90 Å². The van der Waals surface area contributed by atoms with E-state index in [1.54, 1.807) is 0 Å². The summed E-state index contributed by atoms with van der Waals surface area (Å²) in [6.07, 6.45) is 0.967. The van der Waals surface area contributed by atoms with Gasteiger partial charge in [0.2, 0.25) is 0 Å². The molecule has 2 radical (unpaired) electrons. The molecule has 1 atom stereocenters. The fourth-order valence-electron chi connectivity index (χ4n) is 0.615. The molecule has 0 aromatic rings. The van der Waals surface area contributed by atoms with Crippen LogP contribution in [0, 0.1) is 0 Å². The summed E-state index contributed by atoms with van der Waals surface area (Å²) < 4.78 is 4.96. The zero-order valence-electron chi connectivity index (χ0n) is 6.09. The van der Waals surface area contributed by atoms with Gasteiger partial charge in [-0.05, 0) is 20.5 Å². The quantitative estimate of drug-likeness (QED) is 0.442. The maximum Gasteiger partial charge on any atom is 0.431 e. The van der Waals surface area contributed by atoms with Crippen LogP contribution in [0.4, 0.5) is 0 Å². The van der Waals surface area contributed by atoms with Gasteiger partial charge in [0.25, 0.3) is 0 Å². The predicted octanol–water partition coefficient (Wildman–Crippen LogP) is -0.173. The molecule has 4 heteroatoms. The van der Waals surface area contributed by atoms with Crippen molar-refractivity contribution in [3.05, 3.63) is 0 Å². The van der Waals surface area contributed by atoms with E-state index in [0.29, 0.717) is 0 Å². The number of hydrogen-bond donors (Lipinski definition) is 1. The zero-order valence-corrected chi connectivity index (χ0v) is 7.09. The maximum absolute atomic E-state index is 8.40. The molecular weight excluding hydrogens is 134 g/mol. The molecule has 3 nitrogen and oxygen atoms in total. The molecule has 9 heavy (non-hydrogen) atoms. The van der Waals surface area contributed by atoms with Gasteiger partial charge in [-0.3, -0.25) is 4.90 Å². The van der Waals surface area contributed by atoms with E-state index in [4.69, 9.17) is 9.22 Å². The van der Waals surface area contributed by atoms with Crippen LogP contribution >= 0.6 is 0 Å². The monoisotopic (exact) mass is 147 g/mol. The molecule has 1 unspecified atom stereocenters. The number of nitrogens with zero attached hydrogens (tertiary/aromatic N) is 1. The summed E-state index contributed by atoms with van der Waals surface area (Å²) in [5.74, 6) is 0. The van der Waals surface area contributed by atoms with E-state index in [0.717, 1.165) is 6.42 Å². The number of hydrogen-bond acceptors (Lipinski definition) is 3. The third-order valence-corrected chi connectivity index (χ3v) is 1.49. The largest absolute Gasteiger partial charge is 0.431 e. The van der Waals surface area contributed by atoms with Crippen molar-refractivity contribution in [3.8, 4) is 0 Å².